The lowest BCUT2D eigenvalue weighted by molar-refractivity contribution is 0.726. The Morgan fingerprint density at radius 1 is 1.04 bits per heavy atom. The largest absolute Gasteiger partial charge is 0.393 e. The van der Waals surface area contributed by atoms with Gasteiger partial charge < -0.3 is 16.0 Å². The molecular weight excluding hydrogens is 286 g/mol. The molecule has 0 amide bonds. The number of aromatic nitrogens is 2. The molecule has 0 atom stereocenters. The summed E-state index contributed by atoms with van der Waals surface area (Å²) in [4.78, 5) is 11.1. The second-order valence-corrected chi connectivity index (χ2v) is 6.30. The third-order valence-corrected chi connectivity index (χ3v) is 4.40. The highest BCUT2D eigenvalue weighted by Crippen LogP contribution is 2.30. The summed E-state index contributed by atoms with van der Waals surface area (Å²) < 4.78 is 0. The van der Waals surface area contributed by atoms with Crippen molar-refractivity contribution in [2.24, 2.45) is 0 Å². The molecule has 23 heavy (non-hydrogen) atoms. The van der Waals surface area contributed by atoms with E-state index in [0.29, 0.717) is 11.5 Å². The molecule has 1 saturated heterocycles. The fourth-order valence-electron chi connectivity index (χ4n) is 3.10. The van der Waals surface area contributed by atoms with Gasteiger partial charge in [0.05, 0.1) is 0 Å². The number of hydrogen-bond donors (Lipinski definition) is 2. The lowest BCUT2D eigenvalue weighted by Gasteiger charge is -2.23. The first-order valence-electron chi connectivity index (χ1n) is 8.35. The van der Waals surface area contributed by atoms with E-state index in [9.17, 15) is 0 Å². The van der Waals surface area contributed by atoms with Crippen LogP contribution in [0.15, 0.2) is 24.5 Å². The van der Waals surface area contributed by atoms with E-state index < -0.39 is 0 Å². The molecular formula is C18H25N5. The van der Waals surface area contributed by atoms with Crippen LogP contribution in [0, 0.1) is 13.8 Å². The number of anilines is 4. The second-order valence-electron chi connectivity index (χ2n) is 6.30. The highest BCUT2D eigenvalue weighted by molar-refractivity contribution is 5.79. The van der Waals surface area contributed by atoms with Crippen LogP contribution in [0.2, 0.25) is 0 Å². The van der Waals surface area contributed by atoms with Gasteiger partial charge in [-0.05, 0) is 38.3 Å². The van der Waals surface area contributed by atoms with Crippen molar-refractivity contribution in [2.45, 2.75) is 39.5 Å². The maximum atomic E-state index is 6.36. The number of nitrogens with zero attached hydrogens (tertiary/aromatic N) is 3. The molecule has 122 valence electrons. The Morgan fingerprint density at radius 3 is 2.48 bits per heavy atom. The maximum Gasteiger partial charge on any atom is 0.159 e. The van der Waals surface area contributed by atoms with Crippen molar-refractivity contribution in [1.29, 1.82) is 0 Å². The summed E-state index contributed by atoms with van der Waals surface area (Å²) in [6.45, 7) is 6.21. The first kappa shape index (κ1) is 15.6. The van der Waals surface area contributed by atoms with Gasteiger partial charge in [-0.25, -0.2) is 9.97 Å². The van der Waals surface area contributed by atoms with Crippen LogP contribution in [-0.4, -0.2) is 23.1 Å². The first-order chi connectivity index (χ1) is 11.1. The fraction of sp³-hybridized carbons (Fsp3) is 0.444. The lowest BCUT2D eigenvalue weighted by atomic mass is 10.1. The molecule has 2 heterocycles. The van der Waals surface area contributed by atoms with Crippen molar-refractivity contribution in [3.05, 3.63) is 35.7 Å². The molecule has 1 fully saturated rings. The number of nitrogens with one attached hydrogen (secondary N) is 1. The number of aryl methyl sites for hydroxylation is 2. The van der Waals surface area contributed by atoms with Crippen molar-refractivity contribution >= 4 is 23.0 Å². The van der Waals surface area contributed by atoms with Crippen LogP contribution in [0.3, 0.4) is 0 Å². The maximum absolute atomic E-state index is 6.36. The standard InChI is InChI=1S/C18H25N5/c1-13-7-8-15(14(2)11-13)22-17-16(19)18(21-12-20-17)23-9-5-3-4-6-10-23/h7-8,11-12H,3-6,9-10,19H2,1-2H3,(H,20,21,22). The van der Waals surface area contributed by atoms with E-state index in [0.717, 1.165) is 24.6 Å². The van der Waals surface area contributed by atoms with Gasteiger partial charge in [-0.1, -0.05) is 30.5 Å². The highest BCUT2D eigenvalue weighted by atomic mass is 15.2. The summed E-state index contributed by atoms with van der Waals surface area (Å²) in [5.41, 5.74) is 10.5. The molecule has 0 radical (unpaired) electrons. The average Bonchev–Trinajstić information content (AvgIpc) is 2.81. The summed E-state index contributed by atoms with van der Waals surface area (Å²) >= 11 is 0. The van der Waals surface area contributed by atoms with E-state index in [2.05, 4.69) is 52.2 Å². The molecule has 0 aliphatic carbocycles. The molecule has 0 bridgehead atoms. The number of hydrogen-bond acceptors (Lipinski definition) is 5. The lowest BCUT2D eigenvalue weighted by Crippen LogP contribution is -2.26. The minimum atomic E-state index is 0.634. The van der Waals surface area contributed by atoms with Gasteiger partial charge in [-0.2, -0.15) is 0 Å². The van der Waals surface area contributed by atoms with Crippen molar-refractivity contribution in [3.63, 3.8) is 0 Å². The molecule has 1 aromatic heterocycles. The van der Waals surface area contributed by atoms with E-state index in [1.165, 1.54) is 36.8 Å². The SMILES string of the molecule is Cc1ccc(Nc2ncnc(N3CCCCCC3)c2N)c(C)c1. The molecule has 5 nitrogen and oxygen atoms in total. The normalized spacial score (nSPS) is 15.3. The van der Waals surface area contributed by atoms with Crippen LogP contribution in [0.5, 0.6) is 0 Å². The van der Waals surface area contributed by atoms with Gasteiger partial charge in [0.1, 0.15) is 12.0 Å². The monoisotopic (exact) mass is 311 g/mol. The predicted octanol–water partition coefficient (Wildman–Crippen LogP) is 3.80. The van der Waals surface area contributed by atoms with E-state index in [4.69, 9.17) is 5.73 Å². The van der Waals surface area contributed by atoms with Crippen molar-refractivity contribution in [3.8, 4) is 0 Å². The number of rotatable bonds is 3. The zero-order valence-electron chi connectivity index (χ0n) is 14.0. The Morgan fingerprint density at radius 2 is 1.78 bits per heavy atom. The molecule has 5 heteroatoms. The topological polar surface area (TPSA) is 67.1 Å². The molecule has 1 aromatic carbocycles. The van der Waals surface area contributed by atoms with Gasteiger partial charge in [-0.15, -0.1) is 0 Å². The van der Waals surface area contributed by atoms with Crippen LogP contribution in [0.1, 0.15) is 36.8 Å². The summed E-state index contributed by atoms with van der Waals surface area (Å²) in [5, 5.41) is 3.36. The van der Waals surface area contributed by atoms with E-state index in [-0.39, 0.29) is 0 Å². The molecule has 0 spiro atoms. The Kier molecular flexibility index (Phi) is 4.65. The second kappa shape index (κ2) is 6.86. The molecule has 0 saturated carbocycles. The number of nitrogens with two attached hydrogens (primary N) is 1. The third-order valence-electron chi connectivity index (χ3n) is 4.40. The molecule has 2 aromatic rings. The third kappa shape index (κ3) is 3.55. The van der Waals surface area contributed by atoms with Crippen LogP contribution >= 0.6 is 0 Å². The van der Waals surface area contributed by atoms with Gasteiger partial charge in [0.15, 0.2) is 11.6 Å². The highest BCUT2D eigenvalue weighted by Gasteiger charge is 2.17. The van der Waals surface area contributed by atoms with Crippen LogP contribution in [0.25, 0.3) is 0 Å². The summed E-state index contributed by atoms with van der Waals surface area (Å²) in [7, 11) is 0. The minimum Gasteiger partial charge on any atom is -0.393 e. The van der Waals surface area contributed by atoms with Crippen LogP contribution in [0.4, 0.5) is 23.0 Å². The molecule has 3 N–H and O–H groups in total. The van der Waals surface area contributed by atoms with Crippen molar-refractivity contribution in [2.75, 3.05) is 29.0 Å². The zero-order chi connectivity index (χ0) is 16.2. The van der Waals surface area contributed by atoms with Crippen LogP contribution in [-0.2, 0) is 0 Å². The van der Waals surface area contributed by atoms with Gasteiger partial charge in [0.25, 0.3) is 0 Å². The van der Waals surface area contributed by atoms with Crippen LogP contribution < -0.4 is 16.0 Å². The zero-order valence-corrected chi connectivity index (χ0v) is 14.0. The number of benzene rings is 1. The van der Waals surface area contributed by atoms with Gasteiger partial charge in [0, 0.05) is 18.8 Å². The smallest absolute Gasteiger partial charge is 0.159 e. The fourth-order valence-corrected chi connectivity index (χ4v) is 3.10. The molecule has 3 rings (SSSR count). The van der Waals surface area contributed by atoms with Crippen molar-refractivity contribution in [1.82, 2.24) is 9.97 Å². The summed E-state index contributed by atoms with van der Waals surface area (Å²) in [6.07, 6.45) is 6.57. The summed E-state index contributed by atoms with van der Waals surface area (Å²) in [6, 6.07) is 6.30. The molecule has 1 aliphatic rings. The van der Waals surface area contributed by atoms with Gasteiger partial charge in [0.2, 0.25) is 0 Å². The number of nitrogen functional groups attached to an aromatic ring is 1. The Hall–Kier alpha value is -2.30. The summed E-state index contributed by atoms with van der Waals surface area (Å²) in [5.74, 6) is 1.54. The Bertz CT molecular complexity index is 675. The molecule has 0 unspecified atom stereocenters. The van der Waals surface area contributed by atoms with Crippen molar-refractivity contribution < 1.29 is 0 Å². The quantitative estimate of drug-likeness (QED) is 0.902. The van der Waals surface area contributed by atoms with Gasteiger partial charge in [-0.3, -0.25) is 0 Å². The van der Waals surface area contributed by atoms with E-state index >= 15 is 0 Å². The molecule has 1 aliphatic heterocycles. The van der Waals surface area contributed by atoms with E-state index in [1.807, 2.05) is 0 Å². The van der Waals surface area contributed by atoms with Gasteiger partial charge >= 0.3 is 0 Å². The first-order valence-corrected chi connectivity index (χ1v) is 8.35. The minimum absolute atomic E-state index is 0.634. The predicted molar refractivity (Wildman–Crippen MR) is 96.3 cm³/mol. The average molecular weight is 311 g/mol. The Labute approximate surface area is 137 Å². The van der Waals surface area contributed by atoms with E-state index in [1.54, 1.807) is 6.33 Å². The Balaban J connectivity index is 1.87.